The van der Waals surface area contributed by atoms with Gasteiger partial charge in [-0.15, -0.1) is 0 Å². The fourth-order valence-electron chi connectivity index (χ4n) is 7.47. The number of methoxy groups -OCH3 is 3. The van der Waals surface area contributed by atoms with Crippen LogP contribution in [0.5, 0.6) is 40.2 Å². The monoisotopic (exact) mass is 638 g/mol. The van der Waals surface area contributed by atoms with Gasteiger partial charge in [-0.05, 0) is 84.6 Å². The summed E-state index contributed by atoms with van der Waals surface area (Å²) >= 11 is 0. The van der Waals surface area contributed by atoms with Crippen molar-refractivity contribution in [3.05, 3.63) is 105 Å². The lowest BCUT2D eigenvalue weighted by Crippen LogP contribution is -2.47. The Morgan fingerprint density at radius 3 is 2.34 bits per heavy atom. The number of rotatable bonds is 4. The first-order chi connectivity index (χ1) is 22.7. The highest BCUT2D eigenvalue weighted by Crippen LogP contribution is 2.51. The topological polar surface area (TPSA) is 92.7 Å². The predicted octanol–water partition coefficient (Wildman–Crippen LogP) is 6.66. The summed E-state index contributed by atoms with van der Waals surface area (Å²) in [5.41, 5.74) is 6.89. The maximum absolute atomic E-state index is 14.1. The molecule has 246 valence electrons. The van der Waals surface area contributed by atoms with Crippen molar-refractivity contribution in [1.29, 1.82) is 0 Å². The SMILES string of the molecule is COc1ccc2cc1Oc1ccc(cc1)C[C@H]1c3cc(c(CO)cc3CC[N@@+]1(C)[O-])Oc1c(OC)c(OC)cc3c1[C@H](C2)N(C)CC3. The fourth-order valence-corrected chi connectivity index (χ4v) is 7.47. The number of nitrogens with zero attached hydrogens (tertiary/aromatic N) is 2. The molecule has 0 aromatic heterocycles. The zero-order chi connectivity index (χ0) is 32.9. The van der Waals surface area contributed by atoms with Gasteiger partial charge in [0, 0.05) is 42.1 Å². The van der Waals surface area contributed by atoms with Gasteiger partial charge < -0.3 is 38.6 Å². The minimum absolute atomic E-state index is 0.0717. The lowest BCUT2D eigenvalue weighted by Gasteiger charge is -2.49. The van der Waals surface area contributed by atoms with Crippen LogP contribution < -0.4 is 23.7 Å². The van der Waals surface area contributed by atoms with Crippen molar-refractivity contribution in [3.63, 3.8) is 0 Å². The first-order valence-corrected chi connectivity index (χ1v) is 16.1. The number of aliphatic hydroxyl groups is 1. The minimum Gasteiger partial charge on any atom is -0.633 e. The molecule has 4 aromatic carbocycles. The summed E-state index contributed by atoms with van der Waals surface area (Å²) in [6.45, 7) is 1.09. The highest BCUT2D eigenvalue weighted by atomic mass is 16.5. The van der Waals surface area contributed by atoms with Crippen molar-refractivity contribution in [2.75, 3.05) is 48.5 Å². The van der Waals surface area contributed by atoms with E-state index < -0.39 is 4.65 Å². The van der Waals surface area contributed by atoms with Gasteiger partial charge in [-0.1, -0.05) is 18.2 Å². The number of aliphatic hydroxyl groups excluding tert-OH is 1. The van der Waals surface area contributed by atoms with Crippen LogP contribution in [-0.4, -0.2) is 63.2 Å². The number of ether oxygens (including phenoxy) is 5. The molecule has 3 atom stereocenters. The van der Waals surface area contributed by atoms with E-state index in [2.05, 4.69) is 24.1 Å². The van der Waals surface area contributed by atoms with Crippen LogP contribution in [0.4, 0.5) is 0 Å². The molecule has 0 aliphatic carbocycles. The molecule has 8 rings (SSSR count). The summed E-state index contributed by atoms with van der Waals surface area (Å²) in [6.07, 6.45) is 2.63. The number of hydrogen-bond donors (Lipinski definition) is 1. The summed E-state index contributed by atoms with van der Waals surface area (Å²) < 4.78 is 30.5. The Bertz CT molecular complexity index is 1800. The van der Waals surface area contributed by atoms with Crippen molar-refractivity contribution in [1.82, 2.24) is 4.90 Å². The third kappa shape index (κ3) is 5.67. The smallest absolute Gasteiger partial charge is 0.204 e. The van der Waals surface area contributed by atoms with Gasteiger partial charge in [0.2, 0.25) is 5.75 Å². The number of hydrogen-bond acceptors (Lipinski definition) is 8. The quantitative estimate of drug-likeness (QED) is 0.196. The normalized spacial score (nSPS) is 21.9. The Morgan fingerprint density at radius 2 is 1.62 bits per heavy atom. The predicted molar refractivity (Wildman–Crippen MR) is 179 cm³/mol. The van der Waals surface area contributed by atoms with Gasteiger partial charge in [0.05, 0.1) is 41.5 Å². The molecule has 4 aromatic rings. The largest absolute Gasteiger partial charge is 0.633 e. The Labute approximate surface area is 276 Å². The van der Waals surface area contributed by atoms with Gasteiger partial charge >= 0.3 is 0 Å². The molecule has 0 saturated carbocycles. The fraction of sp³-hybridized carbons (Fsp3) is 0.368. The number of quaternary nitrogens is 1. The molecule has 1 N–H and O–H groups in total. The lowest BCUT2D eigenvalue weighted by atomic mass is 9.86. The van der Waals surface area contributed by atoms with Crippen molar-refractivity contribution < 1.29 is 33.4 Å². The molecule has 0 fully saturated rings. The van der Waals surface area contributed by atoms with Crippen LogP contribution in [0.2, 0.25) is 0 Å². The molecule has 0 amide bonds. The van der Waals surface area contributed by atoms with Crippen molar-refractivity contribution in [3.8, 4) is 40.2 Å². The van der Waals surface area contributed by atoms with E-state index in [1.54, 1.807) is 28.4 Å². The highest BCUT2D eigenvalue weighted by molar-refractivity contribution is 5.63. The summed E-state index contributed by atoms with van der Waals surface area (Å²) in [7, 11) is 8.76. The van der Waals surface area contributed by atoms with Gasteiger partial charge in [0.15, 0.2) is 23.0 Å². The lowest BCUT2D eigenvalue weighted by molar-refractivity contribution is -0.894. The molecular weight excluding hydrogens is 596 g/mol. The second-order valence-electron chi connectivity index (χ2n) is 13.0. The standard InChI is InChI=1S/C38H42N2O7/c1-39-14-12-26-20-35(44-4)37(45-5)38-36(26)30(39)16-24-8-11-32(43-3)34(18-24)46-28-9-6-23(7-10-28)17-31-29-21-33(47-38)27(22-41)19-25(29)13-15-40(31,2)42/h6-11,18-21,30-31,41H,12-17,22H2,1-5H3/t30-,31-,40+/m0/s1. The van der Waals surface area contributed by atoms with Crippen LogP contribution in [0, 0.1) is 5.21 Å². The second-order valence-corrected chi connectivity index (χ2v) is 13.0. The number of likely N-dealkylation sites (N-methyl/N-ethyl adjacent to an activating group) is 2. The van der Waals surface area contributed by atoms with Crippen LogP contribution in [0.3, 0.4) is 0 Å². The van der Waals surface area contributed by atoms with E-state index in [1.165, 1.54) is 0 Å². The average Bonchev–Trinajstić information content (AvgIpc) is 3.07. The molecular formula is C38H42N2O7. The molecule has 4 aliphatic rings. The number of hydroxylamine groups is 3. The molecule has 4 heterocycles. The van der Waals surface area contributed by atoms with Crippen LogP contribution in [0.1, 0.15) is 51.0 Å². The molecule has 0 radical (unpaired) electrons. The van der Waals surface area contributed by atoms with Gasteiger partial charge in [0.25, 0.3) is 0 Å². The third-order valence-electron chi connectivity index (χ3n) is 10.1. The van der Waals surface area contributed by atoms with Gasteiger partial charge in [-0.3, -0.25) is 4.90 Å². The molecule has 9 heteroatoms. The van der Waals surface area contributed by atoms with Gasteiger partial charge in [-0.25, -0.2) is 0 Å². The van der Waals surface area contributed by atoms with Crippen molar-refractivity contribution >= 4 is 0 Å². The van der Waals surface area contributed by atoms with Crippen LogP contribution in [-0.2, 0) is 32.3 Å². The zero-order valence-corrected chi connectivity index (χ0v) is 27.7. The van der Waals surface area contributed by atoms with Crippen molar-refractivity contribution in [2.45, 2.75) is 44.4 Å². The Hall–Kier alpha value is -4.28. The maximum Gasteiger partial charge on any atom is 0.204 e. The van der Waals surface area contributed by atoms with E-state index >= 15 is 0 Å². The minimum atomic E-state index is -0.405. The molecule has 6 bridgehead atoms. The molecule has 0 saturated heterocycles. The first kappa shape index (κ1) is 31.3. The summed E-state index contributed by atoms with van der Waals surface area (Å²) in [4.78, 5) is 2.33. The highest BCUT2D eigenvalue weighted by Gasteiger charge is 2.36. The Balaban J connectivity index is 1.48. The Kier molecular flexibility index (Phi) is 8.26. The van der Waals surface area contributed by atoms with E-state index in [1.807, 2.05) is 48.5 Å². The molecule has 4 aliphatic heterocycles. The van der Waals surface area contributed by atoms with Gasteiger partial charge in [0.1, 0.15) is 17.5 Å². The van der Waals surface area contributed by atoms with E-state index in [0.29, 0.717) is 71.6 Å². The van der Waals surface area contributed by atoms with Gasteiger partial charge in [-0.2, -0.15) is 0 Å². The third-order valence-corrected chi connectivity index (χ3v) is 10.1. The summed E-state index contributed by atoms with van der Waals surface area (Å²) in [5, 5.41) is 24.7. The van der Waals surface area contributed by atoms with E-state index in [0.717, 1.165) is 46.3 Å². The summed E-state index contributed by atoms with van der Waals surface area (Å²) in [6, 6.07) is 19.6. The molecule has 0 unspecified atom stereocenters. The summed E-state index contributed by atoms with van der Waals surface area (Å²) in [5.74, 6) is 4.10. The number of benzene rings is 4. The molecule has 0 spiro atoms. The van der Waals surface area contributed by atoms with Crippen molar-refractivity contribution in [2.24, 2.45) is 0 Å². The average molecular weight is 639 g/mol. The molecule has 9 nitrogen and oxygen atoms in total. The Morgan fingerprint density at radius 1 is 0.851 bits per heavy atom. The van der Waals surface area contributed by atoms with Crippen LogP contribution in [0.15, 0.2) is 60.7 Å². The number of fused-ring (bicyclic) bond motifs is 2. The zero-order valence-electron chi connectivity index (χ0n) is 27.7. The molecule has 47 heavy (non-hydrogen) atoms. The van der Waals surface area contributed by atoms with E-state index in [-0.39, 0.29) is 18.7 Å². The first-order valence-electron chi connectivity index (χ1n) is 16.1. The van der Waals surface area contributed by atoms with Crippen LogP contribution in [0.25, 0.3) is 0 Å². The second kappa shape index (κ2) is 12.4. The maximum atomic E-state index is 14.1. The van der Waals surface area contributed by atoms with Crippen LogP contribution >= 0.6 is 0 Å². The van der Waals surface area contributed by atoms with E-state index in [9.17, 15) is 10.3 Å². The van der Waals surface area contributed by atoms with E-state index in [4.69, 9.17) is 23.7 Å².